The highest BCUT2D eigenvalue weighted by Gasteiger charge is 2.16. The van der Waals surface area contributed by atoms with E-state index in [-0.39, 0.29) is 5.56 Å². The number of carbonyl (C=O) groups excluding carboxylic acids is 1. The van der Waals surface area contributed by atoms with E-state index in [1.165, 1.54) is 27.7 Å². The molecule has 3 heterocycles. The zero-order valence-corrected chi connectivity index (χ0v) is 15.2. The van der Waals surface area contributed by atoms with Gasteiger partial charge in [0.1, 0.15) is 11.4 Å². The van der Waals surface area contributed by atoms with Crippen molar-refractivity contribution in [3.63, 3.8) is 0 Å². The third kappa shape index (κ3) is 3.46. The number of hydrogen-bond acceptors (Lipinski definition) is 6. The Kier molecular flexibility index (Phi) is 4.36. The highest BCUT2D eigenvalue weighted by atomic mass is 16.4. The fraction of sp³-hybridized carbons (Fsp3) is 0.0526. The minimum absolute atomic E-state index is 0.112. The van der Waals surface area contributed by atoms with Gasteiger partial charge in [0.05, 0.1) is 28.7 Å². The average Bonchev–Trinajstić information content (AvgIpc) is 3.35. The molecule has 0 saturated heterocycles. The number of benzene rings is 1. The first-order valence-corrected chi connectivity index (χ1v) is 8.48. The van der Waals surface area contributed by atoms with E-state index in [4.69, 9.17) is 10.8 Å². The second-order valence-electron chi connectivity index (χ2n) is 6.26. The SMILES string of the molecule is Cn1cc(C(N)=O)c(-c2cccc(-n3cc(-c4cc(C(=O)O)ccn4)nn3)c2)n1. The predicted molar refractivity (Wildman–Crippen MR) is 102 cm³/mol. The number of pyridine rings is 1. The third-order valence-corrected chi connectivity index (χ3v) is 4.24. The summed E-state index contributed by atoms with van der Waals surface area (Å²) in [7, 11) is 1.71. The summed E-state index contributed by atoms with van der Waals surface area (Å²) in [6, 6.07) is 10.1. The quantitative estimate of drug-likeness (QED) is 0.527. The average molecular weight is 389 g/mol. The van der Waals surface area contributed by atoms with Gasteiger partial charge in [-0.3, -0.25) is 14.5 Å². The summed E-state index contributed by atoms with van der Waals surface area (Å²) in [6.45, 7) is 0. The van der Waals surface area contributed by atoms with Crippen molar-refractivity contribution >= 4 is 11.9 Å². The Morgan fingerprint density at radius 3 is 2.69 bits per heavy atom. The van der Waals surface area contributed by atoms with Crippen LogP contribution in [0.3, 0.4) is 0 Å². The van der Waals surface area contributed by atoms with E-state index >= 15 is 0 Å². The van der Waals surface area contributed by atoms with Crippen molar-refractivity contribution in [1.29, 1.82) is 0 Å². The first-order chi connectivity index (χ1) is 13.9. The van der Waals surface area contributed by atoms with Gasteiger partial charge < -0.3 is 10.8 Å². The molecule has 3 aromatic heterocycles. The summed E-state index contributed by atoms with van der Waals surface area (Å²) >= 11 is 0. The van der Waals surface area contributed by atoms with Gasteiger partial charge in [-0.1, -0.05) is 17.3 Å². The number of aromatic nitrogens is 6. The molecule has 29 heavy (non-hydrogen) atoms. The van der Waals surface area contributed by atoms with Crippen LogP contribution in [-0.2, 0) is 7.05 Å². The van der Waals surface area contributed by atoms with Gasteiger partial charge in [-0.2, -0.15) is 5.10 Å². The molecule has 0 aliphatic heterocycles. The van der Waals surface area contributed by atoms with E-state index in [9.17, 15) is 9.59 Å². The Morgan fingerprint density at radius 2 is 1.93 bits per heavy atom. The lowest BCUT2D eigenvalue weighted by Gasteiger charge is -2.04. The molecule has 0 saturated carbocycles. The minimum Gasteiger partial charge on any atom is -0.478 e. The fourth-order valence-electron chi connectivity index (χ4n) is 2.89. The Hall–Kier alpha value is -4.34. The maximum absolute atomic E-state index is 11.7. The largest absolute Gasteiger partial charge is 0.478 e. The van der Waals surface area contributed by atoms with Crippen LogP contribution >= 0.6 is 0 Å². The van der Waals surface area contributed by atoms with Crippen LogP contribution in [0.5, 0.6) is 0 Å². The van der Waals surface area contributed by atoms with Crippen molar-refractivity contribution in [2.24, 2.45) is 12.8 Å². The highest BCUT2D eigenvalue weighted by molar-refractivity contribution is 5.98. The molecule has 4 rings (SSSR count). The zero-order chi connectivity index (χ0) is 20.5. The van der Waals surface area contributed by atoms with Crippen LogP contribution in [0.4, 0.5) is 0 Å². The van der Waals surface area contributed by atoms with Crippen LogP contribution < -0.4 is 5.73 Å². The maximum Gasteiger partial charge on any atom is 0.335 e. The summed E-state index contributed by atoms with van der Waals surface area (Å²) in [4.78, 5) is 27.0. The molecule has 3 N–H and O–H groups in total. The van der Waals surface area contributed by atoms with Crippen molar-refractivity contribution in [2.45, 2.75) is 0 Å². The van der Waals surface area contributed by atoms with Crippen molar-refractivity contribution in [2.75, 3.05) is 0 Å². The fourth-order valence-corrected chi connectivity index (χ4v) is 2.89. The molecule has 0 unspecified atom stereocenters. The Morgan fingerprint density at radius 1 is 1.10 bits per heavy atom. The van der Waals surface area contributed by atoms with Gasteiger partial charge in [0.15, 0.2) is 0 Å². The lowest BCUT2D eigenvalue weighted by Crippen LogP contribution is -2.11. The number of primary amides is 1. The van der Waals surface area contributed by atoms with Crippen LogP contribution in [0.15, 0.2) is 55.0 Å². The molecule has 1 aromatic carbocycles. The summed E-state index contributed by atoms with van der Waals surface area (Å²) in [5.74, 6) is -1.61. The third-order valence-electron chi connectivity index (χ3n) is 4.24. The number of carbonyl (C=O) groups is 2. The van der Waals surface area contributed by atoms with Crippen molar-refractivity contribution in [3.05, 3.63) is 66.1 Å². The normalized spacial score (nSPS) is 10.8. The maximum atomic E-state index is 11.7. The molecule has 0 aliphatic carbocycles. The van der Waals surface area contributed by atoms with E-state index in [2.05, 4.69) is 20.4 Å². The molecule has 144 valence electrons. The van der Waals surface area contributed by atoms with Gasteiger partial charge in [0.25, 0.3) is 5.91 Å². The number of aromatic carboxylic acids is 1. The molecule has 0 radical (unpaired) electrons. The standard InChI is InChI=1S/C19H15N7O3/c1-25-9-14(18(20)27)17(23-25)11-3-2-4-13(7-11)26-10-16(22-24-26)15-8-12(19(28)29)5-6-21-15/h2-10H,1H3,(H2,20,27)(H,28,29). The lowest BCUT2D eigenvalue weighted by molar-refractivity contribution is 0.0696. The van der Waals surface area contributed by atoms with Gasteiger partial charge in [0.2, 0.25) is 0 Å². The Bertz CT molecular complexity index is 1240. The number of nitrogens with zero attached hydrogens (tertiary/aromatic N) is 6. The molecular formula is C19H15N7O3. The smallest absolute Gasteiger partial charge is 0.335 e. The van der Waals surface area contributed by atoms with Gasteiger partial charge in [-0.25, -0.2) is 9.48 Å². The first-order valence-electron chi connectivity index (χ1n) is 8.48. The van der Waals surface area contributed by atoms with Crippen molar-refractivity contribution in [1.82, 2.24) is 29.8 Å². The topological polar surface area (TPSA) is 142 Å². The molecule has 1 amide bonds. The van der Waals surface area contributed by atoms with E-state index in [1.807, 2.05) is 12.1 Å². The minimum atomic E-state index is -1.05. The number of nitrogens with two attached hydrogens (primary N) is 1. The van der Waals surface area contributed by atoms with E-state index in [1.54, 1.807) is 31.6 Å². The van der Waals surface area contributed by atoms with E-state index in [0.29, 0.717) is 33.9 Å². The van der Waals surface area contributed by atoms with Crippen LogP contribution in [0.25, 0.3) is 28.3 Å². The first kappa shape index (κ1) is 18.0. The number of amides is 1. The molecule has 0 spiro atoms. The molecule has 0 atom stereocenters. The van der Waals surface area contributed by atoms with Gasteiger partial charge in [-0.05, 0) is 24.3 Å². The lowest BCUT2D eigenvalue weighted by atomic mass is 10.1. The molecule has 0 fully saturated rings. The molecular weight excluding hydrogens is 374 g/mol. The van der Waals surface area contributed by atoms with Crippen LogP contribution in [0, 0.1) is 0 Å². The monoisotopic (exact) mass is 389 g/mol. The summed E-state index contributed by atoms with van der Waals surface area (Å²) in [5, 5.41) is 21.6. The molecule has 4 aromatic rings. The van der Waals surface area contributed by atoms with Crippen LogP contribution in [-0.4, -0.2) is 46.7 Å². The number of rotatable bonds is 5. The molecule has 0 aliphatic rings. The number of aryl methyl sites for hydroxylation is 1. The summed E-state index contributed by atoms with van der Waals surface area (Å²) < 4.78 is 3.05. The number of hydrogen-bond donors (Lipinski definition) is 2. The van der Waals surface area contributed by atoms with Gasteiger partial charge in [0, 0.05) is 25.0 Å². The number of carboxylic acid groups (broad SMARTS) is 1. The summed E-state index contributed by atoms with van der Waals surface area (Å²) in [6.07, 6.45) is 4.62. The molecule has 10 nitrogen and oxygen atoms in total. The van der Waals surface area contributed by atoms with Gasteiger partial charge in [-0.15, -0.1) is 5.10 Å². The highest BCUT2D eigenvalue weighted by Crippen LogP contribution is 2.24. The van der Waals surface area contributed by atoms with E-state index < -0.39 is 11.9 Å². The Balaban J connectivity index is 1.71. The summed E-state index contributed by atoms with van der Waals surface area (Å²) in [5.41, 5.74) is 8.54. The zero-order valence-electron chi connectivity index (χ0n) is 15.2. The molecule has 10 heteroatoms. The van der Waals surface area contributed by atoms with Gasteiger partial charge >= 0.3 is 5.97 Å². The molecule has 0 bridgehead atoms. The van der Waals surface area contributed by atoms with E-state index in [0.717, 1.165) is 0 Å². The van der Waals surface area contributed by atoms with Crippen molar-refractivity contribution < 1.29 is 14.7 Å². The number of carboxylic acids is 1. The predicted octanol–water partition coefficient (Wildman–Crippen LogP) is 1.53. The second-order valence-corrected chi connectivity index (χ2v) is 6.26. The van der Waals surface area contributed by atoms with Crippen LogP contribution in [0.2, 0.25) is 0 Å². The van der Waals surface area contributed by atoms with Crippen molar-refractivity contribution in [3.8, 4) is 28.3 Å². The Labute approximate surface area is 164 Å². The van der Waals surface area contributed by atoms with Crippen LogP contribution in [0.1, 0.15) is 20.7 Å². The second kappa shape index (κ2) is 7.00.